The van der Waals surface area contributed by atoms with Crippen molar-refractivity contribution in [2.45, 2.75) is 12.8 Å². The van der Waals surface area contributed by atoms with Crippen LogP contribution in [0.25, 0.3) is 6.08 Å². The maximum atomic E-state index is 12.5. The van der Waals surface area contributed by atoms with Gasteiger partial charge in [-0.2, -0.15) is 0 Å². The van der Waals surface area contributed by atoms with Crippen LogP contribution >= 0.6 is 0 Å². The molecule has 6 heteroatoms. The first kappa shape index (κ1) is 20.3. The van der Waals surface area contributed by atoms with Gasteiger partial charge in [0.2, 0.25) is 11.8 Å². The van der Waals surface area contributed by atoms with Gasteiger partial charge in [-0.1, -0.05) is 30.3 Å². The lowest BCUT2D eigenvalue weighted by atomic mass is 9.95. The van der Waals surface area contributed by atoms with E-state index in [-0.39, 0.29) is 17.7 Å². The molecule has 0 atom stereocenters. The van der Waals surface area contributed by atoms with Crippen molar-refractivity contribution in [3.63, 3.8) is 0 Å². The van der Waals surface area contributed by atoms with Gasteiger partial charge in [-0.25, -0.2) is 4.79 Å². The van der Waals surface area contributed by atoms with Crippen LogP contribution in [0.1, 0.15) is 28.8 Å². The fourth-order valence-corrected chi connectivity index (χ4v) is 3.25. The van der Waals surface area contributed by atoms with Crippen LogP contribution in [0.3, 0.4) is 0 Å². The molecule has 1 fully saturated rings. The molecule has 0 aliphatic carbocycles. The number of nitrogens with one attached hydrogen (secondary N) is 1. The highest BCUT2D eigenvalue weighted by Gasteiger charge is 2.26. The second-order valence-corrected chi connectivity index (χ2v) is 6.90. The summed E-state index contributed by atoms with van der Waals surface area (Å²) in [6.07, 6.45) is 4.63. The first-order chi connectivity index (χ1) is 14.1. The van der Waals surface area contributed by atoms with Crippen molar-refractivity contribution in [3.8, 4) is 0 Å². The van der Waals surface area contributed by atoms with Gasteiger partial charge in [0, 0.05) is 30.8 Å². The average Bonchev–Trinajstić information content (AvgIpc) is 2.78. The number of benzene rings is 2. The van der Waals surface area contributed by atoms with Crippen molar-refractivity contribution in [1.29, 1.82) is 0 Å². The van der Waals surface area contributed by atoms with E-state index < -0.39 is 5.97 Å². The van der Waals surface area contributed by atoms with E-state index in [9.17, 15) is 14.4 Å². The Labute approximate surface area is 170 Å². The predicted octanol–water partition coefficient (Wildman–Crippen LogP) is 3.36. The third kappa shape index (κ3) is 5.54. The molecule has 1 N–H and O–H groups in total. The van der Waals surface area contributed by atoms with E-state index in [4.69, 9.17) is 0 Å². The molecule has 1 heterocycles. The van der Waals surface area contributed by atoms with E-state index in [1.54, 1.807) is 41.3 Å². The Morgan fingerprint density at radius 1 is 1.00 bits per heavy atom. The summed E-state index contributed by atoms with van der Waals surface area (Å²) in [6.45, 7) is 1.11. The van der Waals surface area contributed by atoms with Gasteiger partial charge >= 0.3 is 5.97 Å². The van der Waals surface area contributed by atoms with Gasteiger partial charge < -0.3 is 15.0 Å². The first-order valence-electron chi connectivity index (χ1n) is 9.58. The van der Waals surface area contributed by atoms with Crippen LogP contribution in [-0.2, 0) is 14.3 Å². The van der Waals surface area contributed by atoms with Gasteiger partial charge in [-0.15, -0.1) is 0 Å². The second-order valence-electron chi connectivity index (χ2n) is 6.90. The number of likely N-dealkylation sites (tertiary alicyclic amines) is 1. The normalized spacial score (nSPS) is 14.6. The van der Waals surface area contributed by atoms with Crippen LogP contribution in [0.5, 0.6) is 0 Å². The molecule has 1 aliphatic rings. The molecule has 0 bridgehead atoms. The summed E-state index contributed by atoms with van der Waals surface area (Å²) in [4.78, 5) is 38.1. The number of esters is 1. The summed E-state index contributed by atoms with van der Waals surface area (Å²) in [6, 6.07) is 16.3. The summed E-state index contributed by atoms with van der Waals surface area (Å²) < 4.78 is 4.66. The molecule has 3 rings (SSSR count). The maximum Gasteiger partial charge on any atom is 0.337 e. The molecule has 0 aromatic heterocycles. The quantitative estimate of drug-likeness (QED) is 0.625. The van der Waals surface area contributed by atoms with Gasteiger partial charge in [-0.3, -0.25) is 9.59 Å². The van der Waals surface area contributed by atoms with Gasteiger partial charge in [0.25, 0.3) is 0 Å². The minimum atomic E-state index is -0.416. The van der Waals surface area contributed by atoms with Gasteiger partial charge in [-0.05, 0) is 48.7 Å². The van der Waals surface area contributed by atoms with Gasteiger partial charge in [0.05, 0.1) is 12.7 Å². The number of nitrogens with zero attached hydrogens (tertiary/aromatic N) is 1. The molecule has 0 saturated carbocycles. The molecule has 29 heavy (non-hydrogen) atoms. The van der Waals surface area contributed by atoms with Crippen molar-refractivity contribution in [2.75, 3.05) is 25.5 Å². The number of methoxy groups -OCH3 is 1. The van der Waals surface area contributed by atoms with Crippen molar-refractivity contribution in [1.82, 2.24) is 4.90 Å². The van der Waals surface area contributed by atoms with E-state index in [2.05, 4.69) is 10.1 Å². The highest BCUT2D eigenvalue weighted by Crippen LogP contribution is 2.20. The topological polar surface area (TPSA) is 75.7 Å². The van der Waals surface area contributed by atoms with Crippen molar-refractivity contribution in [2.24, 2.45) is 5.92 Å². The lowest BCUT2D eigenvalue weighted by molar-refractivity contribution is -0.130. The van der Waals surface area contributed by atoms with Gasteiger partial charge in [0.15, 0.2) is 0 Å². The Hall–Kier alpha value is -3.41. The number of amides is 2. The zero-order valence-electron chi connectivity index (χ0n) is 16.3. The Kier molecular flexibility index (Phi) is 6.79. The molecule has 0 spiro atoms. The molecule has 0 unspecified atom stereocenters. The lowest BCUT2D eigenvalue weighted by Crippen LogP contribution is -2.40. The lowest BCUT2D eigenvalue weighted by Gasteiger charge is -2.30. The Morgan fingerprint density at radius 2 is 1.66 bits per heavy atom. The fraction of sp³-hybridized carbons (Fsp3) is 0.261. The Balaban J connectivity index is 1.48. The SMILES string of the molecule is COC(=O)c1ccc(NC(=O)C2CCN(C(=O)/C=C/c3ccccc3)CC2)cc1. The molecular formula is C23H24N2O4. The number of rotatable bonds is 5. The minimum absolute atomic E-state index is 0.0360. The molecule has 2 amide bonds. The Bertz CT molecular complexity index is 883. The highest BCUT2D eigenvalue weighted by atomic mass is 16.5. The zero-order valence-corrected chi connectivity index (χ0v) is 16.3. The molecule has 1 aliphatic heterocycles. The van der Waals surface area contributed by atoms with Crippen LogP contribution in [0.15, 0.2) is 60.7 Å². The summed E-state index contributed by atoms with van der Waals surface area (Å²) in [5.74, 6) is -0.660. The first-order valence-corrected chi connectivity index (χ1v) is 9.58. The molecule has 2 aromatic rings. The van der Waals surface area contributed by atoms with E-state index in [1.165, 1.54) is 7.11 Å². The summed E-state index contributed by atoms with van der Waals surface area (Å²) in [7, 11) is 1.33. The standard InChI is InChI=1S/C23H24N2O4/c1-29-23(28)19-8-10-20(11-9-19)24-22(27)18-13-15-25(16-14-18)21(26)12-7-17-5-3-2-4-6-17/h2-12,18H,13-16H2,1H3,(H,24,27)/b12-7+. The number of piperidine rings is 1. The van der Waals surface area contributed by atoms with Gasteiger partial charge in [0.1, 0.15) is 0 Å². The third-order valence-electron chi connectivity index (χ3n) is 4.97. The van der Waals surface area contributed by atoms with Crippen LogP contribution in [0.4, 0.5) is 5.69 Å². The molecule has 150 valence electrons. The predicted molar refractivity (Wildman–Crippen MR) is 111 cm³/mol. The maximum absolute atomic E-state index is 12.5. The number of carbonyl (C=O) groups excluding carboxylic acids is 3. The monoisotopic (exact) mass is 392 g/mol. The summed E-state index contributed by atoms with van der Waals surface area (Å²) >= 11 is 0. The van der Waals surface area contributed by atoms with Crippen molar-refractivity contribution in [3.05, 3.63) is 71.8 Å². The highest BCUT2D eigenvalue weighted by molar-refractivity contribution is 5.95. The minimum Gasteiger partial charge on any atom is -0.465 e. The van der Waals surface area contributed by atoms with E-state index in [1.807, 2.05) is 30.3 Å². The van der Waals surface area contributed by atoms with Crippen molar-refractivity contribution >= 4 is 29.5 Å². The number of ether oxygens (including phenoxy) is 1. The number of hydrogen-bond donors (Lipinski definition) is 1. The van der Waals surface area contributed by atoms with E-state index in [0.717, 1.165) is 5.56 Å². The summed E-state index contributed by atoms with van der Waals surface area (Å²) in [5, 5.41) is 2.88. The molecule has 1 saturated heterocycles. The number of anilines is 1. The van der Waals surface area contributed by atoms with Crippen molar-refractivity contribution < 1.29 is 19.1 Å². The third-order valence-corrected chi connectivity index (χ3v) is 4.97. The van der Waals surface area contributed by atoms with Crippen LogP contribution in [0, 0.1) is 5.92 Å². The van der Waals surface area contributed by atoms with Crippen LogP contribution < -0.4 is 5.32 Å². The molecular weight excluding hydrogens is 368 g/mol. The smallest absolute Gasteiger partial charge is 0.337 e. The number of carbonyl (C=O) groups is 3. The summed E-state index contributed by atoms with van der Waals surface area (Å²) in [5.41, 5.74) is 2.04. The van der Waals surface area contributed by atoms with Crippen LogP contribution in [-0.4, -0.2) is 42.9 Å². The number of hydrogen-bond acceptors (Lipinski definition) is 4. The van der Waals surface area contributed by atoms with E-state index in [0.29, 0.717) is 37.2 Å². The molecule has 6 nitrogen and oxygen atoms in total. The van der Waals surface area contributed by atoms with Crippen LogP contribution in [0.2, 0.25) is 0 Å². The van der Waals surface area contributed by atoms with E-state index >= 15 is 0 Å². The second kappa shape index (κ2) is 9.68. The molecule has 0 radical (unpaired) electrons. The Morgan fingerprint density at radius 3 is 2.28 bits per heavy atom. The largest absolute Gasteiger partial charge is 0.465 e. The average molecular weight is 392 g/mol. The molecule has 2 aromatic carbocycles. The zero-order chi connectivity index (χ0) is 20.6. The fourth-order valence-electron chi connectivity index (χ4n) is 3.25.